The third kappa shape index (κ3) is 5.87. The molecule has 3 atom stereocenters. The van der Waals surface area contributed by atoms with Gasteiger partial charge in [-0.2, -0.15) is 0 Å². The molecule has 2 aromatic rings. The molecule has 2 aliphatic carbocycles. The molecule has 168 valence electrons. The molecule has 3 amide bonds. The van der Waals surface area contributed by atoms with Crippen LogP contribution in [0.3, 0.4) is 0 Å². The number of rotatable bonds is 8. The number of benzene rings is 2. The summed E-state index contributed by atoms with van der Waals surface area (Å²) in [6, 6.07) is 15.7. The van der Waals surface area contributed by atoms with Crippen LogP contribution in [0, 0.1) is 17.8 Å². The van der Waals surface area contributed by atoms with E-state index in [0.29, 0.717) is 29.6 Å². The van der Waals surface area contributed by atoms with Gasteiger partial charge in [0.15, 0.2) is 6.61 Å². The molecular formula is C25H29N3O4. The van der Waals surface area contributed by atoms with Crippen LogP contribution in [0.1, 0.15) is 32.1 Å². The smallest absolute Gasteiger partial charge is 0.313 e. The van der Waals surface area contributed by atoms with Gasteiger partial charge in [0.05, 0.1) is 0 Å². The standard InChI is InChI=1S/C25H29N3O4/c29-23(27-20-5-2-1-3-6-20)16-32-22-8-4-7-21(15-22)28-25(31)24(30)26-12-11-19-14-17-9-10-18(19)13-17/h1-8,15,17-19H,9-14,16H2,(H,26,30)(H,27,29)(H,28,31). The number of hydrogen-bond donors (Lipinski definition) is 3. The Labute approximate surface area is 187 Å². The quantitative estimate of drug-likeness (QED) is 0.552. The predicted octanol–water partition coefficient (Wildman–Crippen LogP) is 3.59. The zero-order chi connectivity index (χ0) is 22.3. The number of nitrogens with one attached hydrogen (secondary N) is 3. The van der Waals surface area contributed by atoms with Gasteiger partial charge in [-0.25, -0.2) is 0 Å². The lowest BCUT2D eigenvalue weighted by Gasteiger charge is -2.21. The molecule has 0 heterocycles. The van der Waals surface area contributed by atoms with E-state index >= 15 is 0 Å². The number of ether oxygens (including phenoxy) is 1. The molecule has 0 aliphatic heterocycles. The van der Waals surface area contributed by atoms with Crippen LogP contribution < -0.4 is 20.7 Å². The van der Waals surface area contributed by atoms with E-state index in [1.165, 1.54) is 25.7 Å². The second kappa shape index (κ2) is 10.3. The number of anilines is 2. The molecule has 2 saturated carbocycles. The average Bonchev–Trinajstić information content (AvgIpc) is 3.42. The highest BCUT2D eigenvalue weighted by Gasteiger charge is 2.38. The Hall–Kier alpha value is -3.35. The normalized spacial score (nSPS) is 21.1. The molecule has 2 bridgehead atoms. The first-order valence-electron chi connectivity index (χ1n) is 11.2. The number of fused-ring (bicyclic) bond motifs is 2. The third-order valence-corrected chi connectivity index (χ3v) is 6.41. The van der Waals surface area contributed by atoms with Crippen LogP contribution in [0.4, 0.5) is 11.4 Å². The topological polar surface area (TPSA) is 96.5 Å². The Morgan fingerprint density at radius 3 is 2.44 bits per heavy atom. The monoisotopic (exact) mass is 435 g/mol. The highest BCUT2D eigenvalue weighted by Crippen LogP contribution is 2.49. The molecule has 0 aromatic heterocycles. The minimum atomic E-state index is -0.711. The minimum absolute atomic E-state index is 0.171. The SMILES string of the molecule is O=C(COc1cccc(NC(=O)C(=O)NCCC2CC3CCC2C3)c1)Nc1ccccc1. The zero-order valence-electron chi connectivity index (χ0n) is 18.0. The molecule has 7 nitrogen and oxygen atoms in total. The van der Waals surface area contributed by atoms with Gasteiger partial charge in [0.25, 0.3) is 5.91 Å². The van der Waals surface area contributed by atoms with Crippen molar-refractivity contribution in [3.05, 3.63) is 54.6 Å². The van der Waals surface area contributed by atoms with E-state index in [-0.39, 0.29) is 12.5 Å². The molecule has 32 heavy (non-hydrogen) atoms. The Bertz CT molecular complexity index is 963. The molecule has 0 spiro atoms. The summed E-state index contributed by atoms with van der Waals surface area (Å²) in [4.78, 5) is 36.4. The average molecular weight is 436 g/mol. The Morgan fingerprint density at radius 2 is 1.69 bits per heavy atom. The first-order valence-corrected chi connectivity index (χ1v) is 11.2. The number of amides is 3. The van der Waals surface area contributed by atoms with Crippen molar-refractivity contribution >= 4 is 29.1 Å². The van der Waals surface area contributed by atoms with Crippen molar-refractivity contribution in [1.29, 1.82) is 0 Å². The lowest BCUT2D eigenvalue weighted by Crippen LogP contribution is -2.36. The molecule has 2 fully saturated rings. The van der Waals surface area contributed by atoms with E-state index in [1.54, 1.807) is 36.4 Å². The van der Waals surface area contributed by atoms with Crippen LogP contribution in [-0.4, -0.2) is 30.9 Å². The summed E-state index contributed by atoms with van der Waals surface area (Å²) in [6.45, 7) is 0.357. The van der Waals surface area contributed by atoms with Crippen molar-refractivity contribution in [3.63, 3.8) is 0 Å². The lowest BCUT2D eigenvalue weighted by molar-refractivity contribution is -0.136. The zero-order valence-corrected chi connectivity index (χ0v) is 18.0. The molecule has 2 aliphatic rings. The summed E-state index contributed by atoms with van der Waals surface area (Å²) < 4.78 is 5.50. The number of carbonyl (C=O) groups excluding carboxylic acids is 3. The molecule has 0 saturated heterocycles. The summed E-state index contributed by atoms with van der Waals surface area (Å²) in [5.74, 6) is 1.15. The van der Waals surface area contributed by atoms with Gasteiger partial charge in [0.1, 0.15) is 5.75 Å². The summed E-state index contributed by atoms with van der Waals surface area (Å²) in [7, 11) is 0. The van der Waals surface area contributed by atoms with Crippen molar-refractivity contribution < 1.29 is 19.1 Å². The fourth-order valence-corrected chi connectivity index (χ4v) is 4.90. The maximum Gasteiger partial charge on any atom is 0.313 e. The van der Waals surface area contributed by atoms with Crippen LogP contribution in [-0.2, 0) is 14.4 Å². The van der Waals surface area contributed by atoms with Gasteiger partial charge in [0, 0.05) is 24.0 Å². The number of para-hydroxylation sites is 1. The second-order valence-corrected chi connectivity index (χ2v) is 8.66. The Morgan fingerprint density at radius 1 is 0.875 bits per heavy atom. The highest BCUT2D eigenvalue weighted by atomic mass is 16.5. The largest absolute Gasteiger partial charge is 0.484 e. The van der Waals surface area contributed by atoms with Crippen LogP contribution in [0.5, 0.6) is 5.75 Å². The van der Waals surface area contributed by atoms with Gasteiger partial charge in [-0.05, 0) is 67.7 Å². The molecule has 3 N–H and O–H groups in total. The third-order valence-electron chi connectivity index (χ3n) is 6.41. The van der Waals surface area contributed by atoms with Gasteiger partial charge >= 0.3 is 11.8 Å². The molecular weight excluding hydrogens is 406 g/mol. The first-order chi connectivity index (χ1) is 15.6. The molecule has 2 aromatic carbocycles. The van der Waals surface area contributed by atoms with Gasteiger partial charge < -0.3 is 20.7 Å². The van der Waals surface area contributed by atoms with Crippen molar-refractivity contribution in [2.75, 3.05) is 23.8 Å². The maximum absolute atomic E-state index is 12.2. The summed E-state index contributed by atoms with van der Waals surface area (Å²) in [6.07, 6.45) is 6.22. The van der Waals surface area contributed by atoms with Crippen LogP contribution in [0.2, 0.25) is 0 Å². The molecule has 7 heteroatoms. The molecule has 0 radical (unpaired) electrons. The second-order valence-electron chi connectivity index (χ2n) is 8.66. The number of carbonyl (C=O) groups is 3. The Kier molecular flexibility index (Phi) is 7.04. The summed E-state index contributed by atoms with van der Waals surface area (Å²) in [5.41, 5.74) is 1.12. The summed E-state index contributed by atoms with van der Waals surface area (Å²) in [5, 5.41) is 8.05. The van der Waals surface area contributed by atoms with E-state index in [0.717, 1.165) is 18.3 Å². The predicted molar refractivity (Wildman–Crippen MR) is 122 cm³/mol. The van der Waals surface area contributed by atoms with Gasteiger partial charge in [-0.15, -0.1) is 0 Å². The van der Waals surface area contributed by atoms with Crippen molar-refractivity contribution in [3.8, 4) is 5.75 Å². The van der Waals surface area contributed by atoms with E-state index in [9.17, 15) is 14.4 Å². The van der Waals surface area contributed by atoms with Gasteiger partial charge in [0.2, 0.25) is 0 Å². The van der Waals surface area contributed by atoms with Crippen molar-refractivity contribution in [1.82, 2.24) is 5.32 Å². The van der Waals surface area contributed by atoms with Crippen molar-refractivity contribution in [2.45, 2.75) is 32.1 Å². The fourth-order valence-electron chi connectivity index (χ4n) is 4.90. The summed E-state index contributed by atoms with van der Waals surface area (Å²) >= 11 is 0. The highest BCUT2D eigenvalue weighted by molar-refractivity contribution is 6.39. The molecule has 4 rings (SSSR count). The number of hydrogen-bond acceptors (Lipinski definition) is 4. The van der Waals surface area contributed by atoms with E-state index in [1.807, 2.05) is 18.2 Å². The van der Waals surface area contributed by atoms with E-state index in [4.69, 9.17) is 4.74 Å². The lowest BCUT2D eigenvalue weighted by atomic mass is 9.86. The molecule has 3 unspecified atom stereocenters. The van der Waals surface area contributed by atoms with Crippen LogP contribution in [0.25, 0.3) is 0 Å². The first kappa shape index (κ1) is 21.9. The van der Waals surface area contributed by atoms with E-state index in [2.05, 4.69) is 16.0 Å². The van der Waals surface area contributed by atoms with Gasteiger partial charge in [-0.3, -0.25) is 14.4 Å². The van der Waals surface area contributed by atoms with Crippen LogP contribution in [0.15, 0.2) is 54.6 Å². The van der Waals surface area contributed by atoms with E-state index < -0.39 is 11.8 Å². The minimum Gasteiger partial charge on any atom is -0.484 e. The van der Waals surface area contributed by atoms with Gasteiger partial charge in [-0.1, -0.05) is 30.7 Å². The van der Waals surface area contributed by atoms with Crippen LogP contribution >= 0.6 is 0 Å². The Balaban J connectivity index is 1.19. The van der Waals surface area contributed by atoms with Crippen molar-refractivity contribution in [2.24, 2.45) is 17.8 Å². The fraction of sp³-hybridized carbons (Fsp3) is 0.400. The maximum atomic E-state index is 12.2.